The third kappa shape index (κ3) is 3.93. The van der Waals surface area contributed by atoms with Gasteiger partial charge in [-0.1, -0.05) is 28.5 Å². The van der Waals surface area contributed by atoms with Crippen molar-refractivity contribution in [3.05, 3.63) is 59.4 Å². The fourth-order valence-electron chi connectivity index (χ4n) is 2.31. The molecule has 27 heavy (non-hydrogen) atoms. The van der Waals surface area contributed by atoms with E-state index in [0.29, 0.717) is 27.6 Å². The SMILES string of the molecule is COc1ccc(-n2nnnc2SCc2nc(-c3ccc(Cl)cc3)no2)cc1. The van der Waals surface area contributed by atoms with Crippen molar-refractivity contribution in [1.82, 2.24) is 30.3 Å². The van der Waals surface area contributed by atoms with Crippen LogP contribution < -0.4 is 4.74 Å². The Kier molecular flexibility index (Phi) is 5.03. The molecule has 0 spiro atoms. The molecule has 0 saturated carbocycles. The summed E-state index contributed by atoms with van der Waals surface area (Å²) < 4.78 is 12.1. The maximum absolute atomic E-state index is 5.90. The summed E-state index contributed by atoms with van der Waals surface area (Å²) in [7, 11) is 1.62. The Morgan fingerprint density at radius 1 is 1.11 bits per heavy atom. The highest BCUT2D eigenvalue weighted by atomic mass is 35.5. The maximum Gasteiger partial charge on any atom is 0.237 e. The van der Waals surface area contributed by atoms with Crippen LogP contribution in [-0.2, 0) is 5.75 Å². The minimum absolute atomic E-state index is 0.442. The molecule has 0 fully saturated rings. The van der Waals surface area contributed by atoms with Gasteiger partial charge in [0.1, 0.15) is 5.75 Å². The average molecular weight is 401 g/mol. The van der Waals surface area contributed by atoms with Gasteiger partial charge in [-0.3, -0.25) is 0 Å². The van der Waals surface area contributed by atoms with Crippen molar-refractivity contribution in [1.29, 1.82) is 0 Å². The topological polar surface area (TPSA) is 91.8 Å². The van der Waals surface area contributed by atoms with Gasteiger partial charge in [-0.2, -0.15) is 9.67 Å². The van der Waals surface area contributed by atoms with Crippen LogP contribution in [0.1, 0.15) is 5.89 Å². The second kappa shape index (κ2) is 7.77. The van der Waals surface area contributed by atoms with E-state index < -0.39 is 0 Å². The van der Waals surface area contributed by atoms with Crippen molar-refractivity contribution < 1.29 is 9.26 Å². The molecule has 136 valence electrons. The lowest BCUT2D eigenvalue weighted by Crippen LogP contribution is -1.99. The average Bonchev–Trinajstić information content (AvgIpc) is 3.36. The first-order chi connectivity index (χ1) is 13.2. The monoisotopic (exact) mass is 400 g/mol. The van der Waals surface area contributed by atoms with Crippen molar-refractivity contribution in [3.63, 3.8) is 0 Å². The molecule has 0 bridgehead atoms. The summed E-state index contributed by atoms with van der Waals surface area (Å²) in [6.45, 7) is 0. The molecule has 0 saturated heterocycles. The first-order valence-corrected chi connectivity index (χ1v) is 9.23. The minimum atomic E-state index is 0.442. The van der Waals surface area contributed by atoms with Crippen molar-refractivity contribution >= 4 is 23.4 Å². The first-order valence-electron chi connectivity index (χ1n) is 7.87. The molecule has 0 radical (unpaired) electrons. The second-order valence-corrected chi connectivity index (χ2v) is 6.76. The molecular formula is C17H13ClN6O2S. The van der Waals surface area contributed by atoms with Crippen LogP contribution in [0.5, 0.6) is 5.75 Å². The van der Waals surface area contributed by atoms with E-state index in [2.05, 4.69) is 25.7 Å². The number of rotatable bonds is 6. The van der Waals surface area contributed by atoms with Gasteiger partial charge in [-0.05, 0) is 59.0 Å². The van der Waals surface area contributed by atoms with Gasteiger partial charge in [0, 0.05) is 10.6 Å². The minimum Gasteiger partial charge on any atom is -0.497 e. The van der Waals surface area contributed by atoms with Gasteiger partial charge >= 0.3 is 0 Å². The predicted octanol–water partition coefficient (Wildman–Crippen LogP) is 3.67. The molecule has 0 aliphatic carbocycles. The van der Waals surface area contributed by atoms with E-state index >= 15 is 0 Å². The van der Waals surface area contributed by atoms with E-state index in [-0.39, 0.29) is 0 Å². The molecule has 0 unspecified atom stereocenters. The predicted molar refractivity (Wildman–Crippen MR) is 100 cm³/mol. The lowest BCUT2D eigenvalue weighted by molar-refractivity contribution is 0.391. The van der Waals surface area contributed by atoms with Crippen molar-refractivity contribution in [3.8, 4) is 22.8 Å². The molecule has 2 aromatic heterocycles. The zero-order valence-corrected chi connectivity index (χ0v) is 15.7. The number of ether oxygens (including phenoxy) is 1. The number of halogens is 1. The van der Waals surface area contributed by atoms with E-state index in [4.69, 9.17) is 20.9 Å². The quantitative estimate of drug-likeness (QED) is 0.453. The summed E-state index contributed by atoms with van der Waals surface area (Å²) in [6.07, 6.45) is 0. The number of tetrazole rings is 1. The van der Waals surface area contributed by atoms with Crippen molar-refractivity contribution in [2.24, 2.45) is 0 Å². The molecule has 10 heteroatoms. The highest BCUT2D eigenvalue weighted by Gasteiger charge is 2.13. The number of nitrogens with zero attached hydrogens (tertiary/aromatic N) is 6. The van der Waals surface area contributed by atoms with Crippen LogP contribution in [0.25, 0.3) is 17.1 Å². The molecule has 4 aromatic rings. The molecule has 0 N–H and O–H groups in total. The summed E-state index contributed by atoms with van der Waals surface area (Å²) in [5.41, 5.74) is 1.66. The van der Waals surface area contributed by atoms with Crippen LogP contribution in [0.3, 0.4) is 0 Å². The number of aromatic nitrogens is 6. The zero-order chi connectivity index (χ0) is 18.6. The Morgan fingerprint density at radius 3 is 2.63 bits per heavy atom. The molecule has 2 aromatic carbocycles. The highest BCUT2D eigenvalue weighted by molar-refractivity contribution is 7.98. The summed E-state index contributed by atoms with van der Waals surface area (Å²) in [6, 6.07) is 14.7. The molecule has 0 atom stereocenters. The maximum atomic E-state index is 5.90. The normalized spacial score (nSPS) is 10.9. The molecule has 8 nitrogen and oxygen atoms in total. The lowest BCUT2D eigenvalue weighted by atomic mass is 10.2. The van der Waals surface area contributed by atoms with E-state index in [1.165, 1.54) is 11.8 Å². The number of hydrogen-bond acceptors (Lipinski definition) is 8. The van der Waals surface area contributed by atoms with E-state index in [9.17, 15) is 0 Å². The number of methoxy groups -OCH3 is 1. The fourth-order valence-corrected chi connectivity index (χ4v) is 3.16. The van der Waals surface area contributed by atoms with Gasteiger partial charge in [-0.25, -0.2) is 0 Å². The van der Waals surface area contributed by atoms with Gasteiger partial charge in [0.25, 0.3) is 0 Å². The number of hydrogen-bond donors (Lipinski definition) is 0. The van der Waals surface area contributed by atoms with E-state index in [1.54, 1.807) is 23.9 Å². The Bertz CT molecular complexity index is 1030. The molecule has 0 aliphatic heterocycles. The van der Waals surface area contributed by atoms with Crippen LogP contribution in [0.2, 0.25) is 5.02 Å². The Balaban J connectivity index is 1.47. The second-order valence-electron chi connectivity index (χ2n) is 5.38. The standard InChI is InChI=1S/C17H13ClN6O2S/c1-25-14-8-6-13(7-9-14)24-17(20-22-23-24)27-10-15-19-16(21-26-15)11-2-4-12(18)5-3-11/h2-9H,10H2,1H3. The van der Waals surface area contributed by atoms with Gasteiger partial charge in [0.05, 0.1) is 18.6 Å². The van der Waals surface area contributed by atoms with Crippen LogP contribution >= 0.6 is 23.4 Å². The van der Waals surface area contributed by atoms with E-state index in [0.717, 1.165) is 17.0 Å². The Labute approximate surface area is 163 Å². The number of thioether (sulfide) groups is 1. The highest BCUT2D eigenvalue weighted by Crippen LogP contribution is 2.24. The Hall–Kier alpha value is -2.91. The third-order valence-corrected chi connectivity index (χ3v) is 4.81. The molecular weight excluding hydrogens is 388 g/mol. The van der Waals surface area contributed by atoms with Gasteiger partial charge < -0.3 is 9.26 Å². The molecule has 4 rings (SSSR count). The third-order valence-electron chi connectivity index (χ3n) is 3.65. The first kappa shape index (κ1) is 17.5. The molecule has 2 heterocycles. The van der Waals surface area contributed by atoms with Crippen LogP contribution in [0.15, 0.2) is 58.2 Å². The summed E-state index contributed by atoms with van der Waals surface area (Å²) >= 11 is 7.30. The molecule has 0 aliphatic rings. The largest absolute Gasteiger partial charge is 0.497 e. The van der Waals surface area contributed by atoms with Gasteiger partial charge in [0.2, 0.25) is 16.9 Å². The fraction of sp³-hybridized carbons (Fsp3) is 0.118. The van der Waals surface area contributed by atoms with Crippen molar-refractivity contribution in [2.75, 3.05) is 7.11 Å². The smallest absolute Gasteiger partial charge is 0.237 e. The van der Waals surface area contributed by atoms with Crippen molar-refractivity contribution in [2.45, 2.75) is 10.9 Å². The van der Waals surface area contributed by atoms with Crippen LogP contribution in [-0.4, -0.2) is 37.5 Å². The van der Waals surface area contributed by atoms with E-state index in [1.807, 2.05) is 36.4 Å². The van der Waals surface area contributed by atoms with Gasteiger partial charge in [0.15, 0.2) is 0 Å². The van der Waals surface area contributed by atoms with Gasteiger partial charge in [-0.15, -0.1) is 5.10 Å². The number of benzene rings is 2. The van der Waals surface area contributed by atoms with Crippen LogP contribution in [0.4, 0.5) is 0 Å². The zero-order valence-electron chi connectivity index (χ0n) is 14.1. The molecule has 0 amide bonds. The summed E-state index contributed by atoms with van der Waals surface area (Å²) in [5.74, 6) is 2.20. The Morgan fingerprint density at radius 2 is 1.89 bits per heavy atom. The summed E-state index contributed by atoms with van der Waals surface area (Å²) in [5, 5.41) is 17.1. The summed E-state index contributed by atoms with van der Waals surface area (Å²) in [4.78, 5) is 4.40. The van der Waals surface area contributed by atoms with Crippen LogP contribution in [0, 0.1) is 0 Å². The lowest BCUT2D eigenvalue weighted by Gasteiger charge is -2.04.